The number of piperidine rings is 1. The van der Waals surface area contributed by atoms with Gasteiger partial charge in [-0.05, 0) is 38.3 Å². The molecule has 0 bridgehead atoms. The molecule has 2 aliphatic rings. The average Bonchev–Trinajstić information content (AvgIpc) is 2.54. The minimum atomic E-state index is 0. The third kappa shape index (κ3) is 2.58. The molecule has 1 amide bonds. The van der Waals surface area contributed by atoms with Crippen molar-refractivity contribution in [1.82, 2.24) is 10.6 Å². The van der Waals surface area contributed by atoms with E-state index < -0.39 is 0 Å². The summed E-state index contributed by atoms with van der Waals surface area (Å²) >= 11 is 0. The van der Waals surface area contributed by atoms with E-state index in [4.69, 9.17) is 0 Å². The minimum absolute atomic E-state index is 0. The Morgan fingerprint density at radius 1 is 1.31 bits per heavy atom. The van der Waals surface area contributed by atoms with Crippen LogP contribution >= 0.6 is 12.4 Å². The Hall–Kier alpha value is -0.280. The average molecular weight is 205 g/mol. The van der Waals surface area contributed by atoms with Gasteiger partial charge in [-0.25, -0.2) is 0 Å². The van der Waals surface area contributed by atoms with Gasteiger partial charge in [-0.15, -0.1) is 12.4 Å². The third-order valence-corrected chi connectivity index (χ3v) is 2.93. The van der Waals surface area contributed by atoms with E-state index in [0.29, 0.717) is 12.0 Å². The Bertz CT molecular complexity index is 180. The normalized spacial score (nSPS) is 33.7. The van der Waals surface area contributed by atoms with Gasteiger partial charge in [0.1, 0.15) is 0 Å². The molecule has 0 radical (unpaired) electrons. The molecule has 2 N–H and O–H groups in total. The summed E-state index contributed by atoms with van der Waals surface area (Å²) in [6, 6.07) is 0.463. The first-order valence-electron chi connectivity index (χ1n) is 4.86. The molecule has 2 unspecified atom stereocenters. The van der Waals surface area contributed by atoms with E-state index in [2.05, 4.69) is 10.6 Å². The van der Waals surface area contributed by atoms with Crippen molar-refractivity contribution in [3.63, 3.8) is 0 Å². The van der Waals surface area contributed by atoms with Crippen LogP contribution < -0.4 is 10.6 Å². The van der Waals surface area contributed by atoms with Crippen LogP contribution in [-0.2, 0) is 4.79 Å². The first kappa shape index (κ1) is 10.8. The van der Waals surface area contributed by atoms with Gasteiger partial charge in [0.25, 0.3) is 0 Å². The molecule has 2 saturated heterocycles. The van der Waals surface area contributed by atoms with E-state index in [1.54, 1.807) is 0 Å². The molecule has 4 heteroatoms. The number of amides is 1. The van der Waals surface area contributed by atoms with Crippen LogP contribution in [0.15, 0.2) is 0 Å². The molecule has 2 aliphatic heterocycles. The van der Waals surface area contributed by atoms with E-state index in [1.807, 2.05) is 0 Å². The molecule has 2 rings (SSSR count). The fourth-order valence-electron chi connectivity index (χ4n) is 2.21. The molecule has 0 aliphatic carbocycles. The standard InChI is InChI=1S/C9H16N2O.ClH/c12-9-4-3-8(11-9)7-2-1-5-10-6-7;/h7-8,10H,1-6H2,(H,11,12);1H. The predicted molar refractivity (Wildman–Crippen MR) is 54.0 cm³/mol. The zero-order chi connectivity index (χ0) is 8.39. The van der Waals surface area contributed by atoms with Crippen LogP contribution in [0.2, 0.25) is 0 Å². The van der Waals surface area contributed by atoms with Gasteiger partial charge < -0.3 is 10.6 Å². The van der Waals surface area contributed by atoms with Crippen LogP contribution in [0.5, 0.6) is 0 Å². The summed E-state index contributed by atoms with van der Waals surface area (Å²) in [5.41, 5.74) is 0. The predicted octanol–water partition coefficient (Wildman–Crippen LogP) is 0.686. The van der Waals surface area contributed by atoms with E-state index >= 15 is 0 Å². The first-order chi connectivity index (χ1) is 5.86. The van der Waals surface area contributed by atoms with Crippen LogP contribution in [0.1, 0.15) is 25.7 Å². The zero-order valence-electron chi connectivity index (χ0n) is 7.71. The second kappa shape index (κ2) is 4.82. The summed E-state index contributed by atoms with van der Waals surface area (Å²) in [6.07, 6.45) is 4.32. The summed E-state index contributed by atoms with van der Waals surface area (Å²) in [4.78, 5) is 11.0. The van der Waals surface area contributed by atoms with Gasteiger partial charge >= 0.3 is 0 Å². The summed E-state index contributed by atoms with van der Waals surface area (Å²) in [5, 5.41) is 6.42. The van der Waals surface area contributed by atoms with Crippen molar-refractivity contribution >= 4 is 18.3 Å². The summed E-state index contributed by atoms with van der Waals surface area (Å²) in [6.45, 7) is 2.24. The van der Waals surface area contributed by atoms with Crippen molar-refractivity contribution < 1.29 is 4.79 Å². The largest absolute Gasteiger partial charge is 0.353 e. The van der Waals surface area contributed by atoms with Crippen LogP contribution in [0, 0.1) is 5.92 Å². The van der Waals surface area contributed by atoms with Crippen LogP contribution in [0.25, 0.3) is 0 Å². The molecule has 13 heavy (non-hydrogen) atoms. The van der Waals surface area contributed by atoms with Crippen LogP contribution in [0.4, 0.5) is 0 Å². The highest BCUT2D eigenvalue weighted by Gasteiger charge is 2.29. The van der Waals surface area contributed by atoms with Crippen LogP contribution in [0.3, 0.4) is 0 Å². The van der Waals surface area contributed by atoms with Crippen molar-refractivity contribution in [1.29, 1.82) is 0 Å². The second-order valence-electron chi connectivity index (χ2n) is 3.82. The summed E-state index contributed by atoms with van der Waals surface area (Å²) < 4.78 is 0. The molecule has 0 aromatic rings. The van der Waals surface area contributed by atoms with E-state index in [9.17, 15) is 4.79 Å². The number of nitrogens with one attached hydrogen (secondary N) is 2. The van der Waals surface area contributed by atoms with Gasteiger partial charge in [-0.3, -0.25) is 4.79 Å². The van der Waals surface area contributed by atoms with Gasteiger partial charge in [0.15, 0.2) is 0 Å². The number of halogens is 1. The number of hydrogen-bond donors (Lipinski definition) is 2. The SMILES string of the molecule is Cl.O=C1CCC(C2CCCNC2)N1. The van der Waals surface area contributed by atoms with Gasteiger partial charge in [0.2, 0.25) is 5.91 Å². The zero-order valence-corrected chi connectivity index (χ0v) is 8.53. The second-order valence-corrected chi connectivity index (χ2v) is 3.82. The highest BCUT2D eigenvalue weighted by molar-refractivity contribution is 5.85. The highest BCUT2D eigenvalue weighted by Crippen LogP contribution is 2.21. The lowest BCUT2D eigenvalue weighted by Crippen LogP contribution is -2.41. The summed E-state index contributed by atoms with van der Waals surface area (Å²) in [7, 11) is 0. The lowest BCUT2D eigenvalue weighted by Gasteiger charge is -2.27. The Labute approximate surface area is 85.1 Å². The highest BCUT2D eigenvalue weighted by atomic mass is 35.5. The van der Waals surface area contributed by atoms with Crippen molar-refractivity contribution in [3.8, 4) is 0 Å². The first-order valence-corrected chi connectivity index (χ1v) is 4.86. The van der Waals surface area contributed by atoms with E-state index in [-0.39, 0.29) is 18.3 Å². The molecular formula is C9H17ClN2O. The molecule has 76 valence electrons. The lowest BCUT2D eigenvalue weighted by molar-refractivity contribution is -0.119. The van der Waals surface area contributed by atoms with Crippen molar-refractivity contribution in [2.45, 2.75) is 31.7 Å². The van der Waals surface area contributed by atoms with E-state index in [1.165, 1.54) is 12.8 Å². The molecule has 0 saturated carbocycles. The Balaban J connectivity index is 0.000000845. The van der Waals surface area contributed by atoms with Gasteiger partial charge in [-0.2, -0.15) is 0 Å². The Kier molecular flexibility index (Phi) is 4.00. The number of rotatable bonds is 1. The fraction of sp³-hybridized carbons (Fsp3) is 0.889. The minimum Gasteiger partial charge on any atom is -0.353 e. The molecule has 0 aromatic carbocycles. The third-order valence-electron chi connectivity index (χ3n) is 2.93. The van der Waals surface area contributed by atoms with Crippen molar-refractivity contribution in [2.75, 3.05) is 13.1 Å². The van der Waals surface area contributed by atoms with Gasteiger partial charge in [0, 0.05) is 12.5 Å². The maximum atomic E-state index is 11.0. The summed E-state index contributed by atoms with van der Waals surface area (Å²) in [5.74, 6) is 0.927. The Morgan fingerprint density at radius 3 is 2.69 bits per heavy atom. The van der Waals surface area contributed by atoms with Crippen molar-refractivity contribution in [2.24, 2.45) is 5.92 Å². The number of hydrogen-bond acceptors (Lipinski definition) is 2. The monoisotopic (exact) mass is 204 g/mol. The topological polar surface area (TPSA) is 41.1 Å². The lowest BCUT2D eigenvalue weighted by atomic mass is 9.91. The maximum Gasteiger partial charge on any atom is 0.220 e. The number of carbonyl (C=O) groups excluding carboxylic acids is 1. The molecule has 2 fully saturated rings. The van der Waals surface area contributed by atoms with Gasteiger partial charge in [-0.1, -0.05) is 0 Å². The maximum absolute atomic E-state index is 11.0. The Morgan fingerprint density at radius 2 is 2.15 bits per heavy atom. The van der Waals surface area contributed by atoms with Gasteiger partial charge in [0.05, 0.1) is 0 Å². The van der Waals surface area contributed by atoms with Crippen LogP contribution in [-0.4, -0.2) is 25.0 Å². The fourth-order valence-corrected chi connectivity index (χ4v) is 2.21. The molecule has 2 heterocycles. The molecule has 0 spiro atoms. The molecule has 3 nitrogen and oxygen atoms in total. The number of carbonyl (C=O) groups is 1. The quantitative estimate of drug-likeness (QED) is 0.660. The van der Waals surface area contributed by atoms with Crippen molar-refractivity contribution in [3.05, 3.63) is 0 Å². The molecular weight excluding hydrogens is 188 g/mol. The molecule has 0 aromatic heterocycles. The smallest absolute Gasteiger partial charge is 0.220 e. The molecule has 2 atom stereocenters. The van der Waals surface area contributed by atoms with E-state index in [0.717, 1.165) is 25.9 Å².